The number of aliphatic imine (C=N–C) groups is 1. The van der Waals surface area contributed by atoms with Gasteiger partial charge in [0.15, 0.2) is 5.96 Å². The van der Waals surface area contributed by atoms with E-state index in [9.17, 15) is 0 Å². The van der Waals surface area contributed by atoms with Crippen molar-refractivity contribution in [3.63, 3.8) is 0 Å². The van der Waals surface area contributed by atoms with Crippen LogP contribution < -0.4 is 10.6 Å². The summed E-state index contributed by atoms with van der Waals surface area (Å²) in [6, 6.07) is 0. The molecule has 0 bridgehead atoms. The van der Waals surface area contributed by atoms with Gasteiger partial charge in [-0.2, -0.15) is 0 Å². The third kappa shape index (κ3) is 13.5. The van der Waals surface area contributed by atoms with Crippen LogP contribution in [0.2, 0.25) is 0 Å². The molecule has 0 amide bonds. The van der Waals surface area contributed by atoms with E-state index in [-0.39, 0.29) is 0 Å². The number of hydrogen-bond acceptors (Lipinski definition) is 2. The number of rotatable bonds is 10. The lowest BCUT2D eigenvalue weighted by Crippen LogP contribution is -2.38. The molecule has 0 atom stereocenters. The minimum absolute atomic E-state index is 0.311. The van der Waals surface area contributed by atoms with E-state index in [2.05, 4.69) is 50.2 Å². The van der Waals surface area contributed by atoms with Crippen molar-refractivity contribution >= 4 is 5.96 Å². The molecule has 19 heavy (non-hydrogen) atoms. The third-order valence-electron chi connectivity index (χ3n) is 2.62. The molecular weight excluding hydrogens is 238 g/mol. The van der Waals surface area contributed by atoms with Gasteiger partial charge in [0.2, 0.25) is 0 Å². The average molecular weight is 271 g/mol. The molecule has 2 N–H and O–H groups in total. The maximum atomic E-state index is 5.50. The Morgan fingerprint density at radius 2 is 1.84 bits per heavy atom. The normalized spacial score (nSPS) is 12.3. The molecular formula is C15H33N3O. The van der Waals surface area contributed by atoms with Gasteiger partial charge in [-0.05, 0) is 46.0 Å². The molecule has 0 aliphatic carbocycles. The number of ether oxygens (including phenoxy) is 1. The van der Waals surface area contributed by atoms with Gasteiger partial charge in [0.1, 0.15) is 0 Å². The minimum Gasteiger partial charge on any atom is -0.379 e. The maximum absolute atomic E-state index is 5.50. The molecule has 0 saturated heterocycles. The second kappa shape index (κ2) is 12.3. The molecule has 0 aliphatic heterocycles. The Balaban J connectivity index is 3.75. The molecule has 4 nitrogen and oxygen atoms in total. The zero-order chi connectivity index (χ0) is 14.5. The number of hydrogen-bond donors (Lipinski definition) is 2. The molecule has 0 aliphatic rings. The highest BCUT2D eigenvalue weighted by molar-refractivity contribution is 5.79. The van der Waals surface area contributed by atoms with Crippen LogP contribution in [0.15, 0.2) is 4.99 Å². The zero-order valence-corrected chi connectivity index (χ0v) is 13.5. The Kier molecular flexibility index (Phi) is 11.8. The molecule has 0 radical (unpaired) electrons. The highest BCUT2D eigenvalue weighted by Crippen LogP contribution is 2.01. The fourth-order valence-electron chi connectivity index (χ4n) is 1.63. The van der Waals surface area contributed by atoms with Crippen molar-refractivity contribution in [3.05, 3.63) is 0 Å². The van der Waals surface area contributed by atoms with Crippen molar-refractivity contribution in [2.75, 3.05) is 26.2 Å². The van der Waals surface area contributed by atoms with E-state index in [0.717, 1.165) is 44.5 Å². The van der Waals surface area contributed by atoms with Gasteiger partial charge in [0, 0.05) is 26.2 Å². The molecule has 0 unspecified atom stereocenters. The van der Waals surface area contributed by atoms with Gasteiger partial charge in [-0.25, -0.2) is 0 Å². The van der Waals surface area contributed by atoms with E-state index < -0.39 is 0 Å². The number of guanidine groups is 1. The number of nitrogens with one attached hydrogen (secondary N) is 2. The van der Waals surface area contributed by atoms with Crippen LogP contribution >= 0.6 is 0 Å². The predicted molar refractivity (Wildman–Crippen MR) is 83.8 cm³/mol. The summed E-state index contributed by atoms with van der Waals surface area (Å²) >= 11 is 0. The first-order chi connectivity index (χ1) is 9.06. The van der Waals surface area contributed by atoms with E-state index in [1.807, 2.05) is 0 Å². The summed E-state index contributed by atoms with van der Waals surface area (Å²) in [6.45, 7) is 14.2. The molecule has 0 aromatic heterocycles. The fraction of sp³-hybridized carbons (Fsp3) is 0.933. The first-order valence-corrected chi connectivity index (χ1v) is 7.70. The quantitative estimate of drug-likeness (QED) is 0.365. The summed E-state index contributed by atoms with van der Waals surface area (Å²) in [7, 11) is 0. The monoisotopic (exact) mass is 271 g/mol. The molecule has 0 spiro atoms. The van der Waals surface area contributed by atoms with E-state index in [0.29, 0.717) is 6.10 Å². The zero-order valence-electron chi connectivity index (χ0n) is 13.5. The maximum Gasteiger partial charge on any atom is 0.191 e. The third-order valence-corrected chi connectivity index (χ3v) is 2.62. The van der Waals surface area contributed by atoms with Crippen LogP contribution in [0.1, 0.15) is 53.9 Å². The van der Waals surface area contributed by atoms with Gasteiger partial charge in [-0.3, -0.25) is 4.99 Å². The Morgan fingerprint density at radius 3 is 2.42 bits per heavy atom. The second-order valence-corrected chi connectivity index (χ2v) is 5.50. The van der Waals surface area contributed by atoms with Crippen LogP contribution in [0.4, 0.5) is 0 Å². The van der Waals surface area contributed by atoms with Gasteiger partial charge < -0.3 is 15.4 Å². The van der Waals surface area contributed by atoms with Crippen LogP contribution in [0, 0.1) is 5.92 Å². The van der Waals surface area contributed by atoms with Crippen molar-refractivity contribution in [3.8, 4) is 0 Å². The molecule has 0 aromatic rings. The van der Waals surface area contributed by atoms with Gasteiger partial charge >= 0.3 is 0 Å². The number of nitrogens with zero attached hydrogens (tertiary/aromatic N) is 1. The smallest absolute Gasteiger partial charge is 0.191 e. The first kappa shape index (κ1) is 18.2. The molecule has 0 rings (SSSR count). The molecule has 4 heteroatoms. The van der Waals surface area contributed by atoms with Gasteiger partial charge in [0.25, 0.3) is 0 Å². The van der Waals surface area contributed by atoms with Crippen molar-refractivity contribution in [1.82, 2.24) is 10.6 Å². The second-order valence-electron chi connectivity index (χ2n) is 5.50. The largest absolute Gasteiger partial charge is 0.379 e. The Morgan fingerprint density at radius 1 is 1.11 bits per heavy atom. The lowest BCUT2D eigenvalue weighted by atomic mass is 10.1. The van der Waals surface area contributed by atoms with Crippen molar-refractivity contribution in [2.45, 2.75) is 60.0 Å². The van der Waals surface area contributed by atoms with Crippen molar-refractivity contribution in [2.24, 2.45) is 10.9 Å². The Bertz CT molecular complexity index is 227. The summed E-state index contributed by atoms with van der Waals surface area (Å²) in [6.07, 6.45) is 3.74. The Hall–Kier alpha value is -0.770. The van der Waals surface area contributed by atoms with Crippen LogP contribution in [0.5, 0.6) is 0 Å². The minimum atomic E-state index is 0.311. The molecule has 0 heterocycles. The van der Waals surface area contributed by atoms with Crippen molar-refractivity contribution in [1.29, 1.82) is 0 Å². The summed E-state index contributed by atoms with van der Waals surface area (Å²) in [5.41, 5.74) is 0. The van der Waals surface area contributed by atoms with Gasteiger partial charge in [-0.1, -0.05) is 13.8 Å². The molecule has 0 aromatic carbocycles. The topological polar surface area (TPSA) is 45.7 Å². The first-order valence-electron chi connectivity index (χ1n) is 7.70. The standard InChI is InChI=1S/C15H33N3O/c1-6-16-15(17-10-7-9-13(2)3)18-11-8-12-19-14(4)5/h13-14H,6-12H2,1-5H3,(H2,16,17,18). The van der Waals surface area contributed by atoms with E-state index in [4.69, 9.17) is 4.74 Å². The molecule has 0 fully saturated rings. The predicted octanol–water partition coefficient (Wildman–Crippen LogP) is 2.79. The lowest BCUT2D eigenvalue weighted by molar-refractivity contribution is 0.0782. The van der Waals surface area contributed by atoms with Crippen LogP contribution in [-0.4, -0.2) is 38.3 Å². The summed E-state index contributed by atoms with van der Waals surface area (Å²) in [5, 5.41) is 6.64. The van der Waals surface area contributed by atoms with E-state index in [1.54, 1.807) is 0 Å². The molecule has 0 saturated carbocycles. The van der Waals surface area contributed by atoms with E-state index in [1.165, 1.54) is 12.8 Å². The SMILES string of the molecule is CCNC(=NCCCOC(C)C)NCCCC(C)C. The van der Waals surface area contributed by atoms with Crippen LogP contribution in [0.3, 0.4) is 0 Å². The lowest BCUT2D eigenvalue weighted by Gasteiger charge is -2.12. The average Bonchev–Trinajstić information content (AvgIpc) is 2.33. The summed E-state index contributed by atoms with van der Waals surface area (Å²) in [5.74, 6) is 1.70. The van der Waals surface area contributed by atoms with Crippen molar-refractivity contribution < 1.29 is 4.74 Å². The summed E-state index contributed by atoms with van der Waals surface area (Å²) in [4.78, 5) is 4.54. The van der Waals surface area contributed by atoms with Crippen LogP contribution in [0.25, 0.3) is 0 Å². The fourth-order valence-corrected chi connectivity index (χ4v) is 1.63. The van der Waals surface area contributed by atoms with Gasteiger partial charge in [0.05, 0.1) is 6.10 Å². The highest BCUT2D eigenvalue weighted by Gasteiger charge is 1.98. The molecule has 114 valence electrons. The van der Waals surface area contributed by atoms with Crippen LogP contribution in [-0.2, 0) is 4.74 Å². The van der Waals surface area contributed by atoms with Gasteiger partial charge in [-0.15, -0.1) is 0 Å². The summed E-state index contributed by atoms with van der Waals surface area (Å²) < 4.78 is 5.50. The highest BCUT2D eigenvalue weighted by atomic mass is 16.5. The van der Waals surface area contributed by atoms with E-state index >= 15 is 0 Å². The Labute approximate surface area is 119 Å².